The molecule has 2 aromatic heterocycles. The lowest BCUT2D eigenvalue weighted by Gasteiger charge is -2.24. The Morgan fingerprint density at radius 1 is 1.12 bits per heavy atom. The molecule has 3 aromatic rings. The quantitative estimate of drug-likeness (QED) is 0.733. The minimum absolute atomic E-state index is 0.0532. The van der Waals surface area contributed by atoms with E-state index in [1.54, 1.807) is 12.4 Å². The normalized spacial score (nSPS) is 16.3. The van der Waals surface area contributed by atoms with Gasteiger partial charge in [-0.05, 0) is 30.7 Å². The molecule has 0 unspecified atom stereocenters. The number of fused-ring (bicyclic) bond motifs is 1. The Morgan fingerprint density at radius 2 is 2.00 bits per heavy atom. The van der Waals surface area contributed by atoms with Crippen LogP contribution in [0.3, 0.4) is 0 Å². The Hall–Kier alpha value is -2.73. The standard InChI is InChI=1S/C19H21N5O/c1-14(19-21-18(22-25-19)15-7-5-9-20-12-15)24-11-10-23(2)17-8-4-3-6-16(17)13-24/h3-9,12,14H,10-11,13H2,1-2H3/t14-/m1/s1. The Labute approximate surface area is 147 Å². The van der Waals surface area contributed by atoms with Gasteiger partial charge in [0.1, 0.15) is 0 Å². The van der Waals surface area contributed by atoms with Crippen LogP contribution in [0.15, 0.2) is 53.3 Å². The minimum atomic E-state index is 0.0532. The maximum absolute atomic E-state index is 5.55. The van der Waals surface area contributed by atoms with Crippen LogP contribution in [0.25, 0.3) is 11.4 Å². The van der Waals surface area contributed by atoms with Gasteiger partial charge in [-0.25, -0.2) is 0 Å². The van der Waals surface area contributed by atoms with Crippen LogP contribution in [-0.4, -0.2) is 40.2 Å². The predicted octanol–water partition coefficient (Wildman–Crippen LogP) is 3.14. The van der Waals surface area contributed by atoms with E-state index in [-0.39, 0.29) is 6.04 Å². The number of para-hydroxylation sites is 1. The molecule has 0 amide bonds. The van der Waals surface area contributed by atoms with Gasteiger partial charge in [0.2, 0.25) is 11.7 Å². The van der Waals surface area contributed by atoms with Gasteiger partial charge in [0.05, 0.1) is 6.04 Å². The molecule has 0 spiro atoms. The molecule has 1 aliphatic heterocycles. The lowest BCUT2D eigenvalue weighted by Crippen LogP contribution is -2.31. The molecule has 4 rings (SSSR count). The summed E-state index contributed by atoms with van der Waals surface area (Å²) >= 11 is 0. The molecule has 25 heavy (non-hydrogen) atoms. The molecule has 0 aliphatic carbocycles. The van der Waals surface area contributed by atoms with Gasteiger partial charge in [0.25, 0.3) is 0 Å². The van der Waals surface area contributed by atoms with Crippen LogP contribution in [0.5, 0.6) is 0 Å². The van der Waals surface area contributed by atoms with Crippen molar-refractivity contribution in [3.05, 3.63) is 60.2 Å². The van der Waals surface area contributed by atoms with E-state index in [1.165, 1.54) is 11.3 Å². The fraction of sp³-hybridized carbons (Fsp3) is 0.316. The van der Waals surface area contributed by atoms with E-state index >= 15 is 0 Å². The van der Waals surface area contributed by atoms with Gasteiger partial charge < -0.3 is 9.42 Å². The van der Waals surface area contributed by atoms with Crippen molar-refractivity contribution in [2.24, 2.45) is 0 Å². The molecule has 128 valence electrons. The van der Waals surface area contributed by atoms with E-state index in [0.717, 1.165) is 25.2 Å². The first kappa shape index (κ1) is 15.8. The first-order valence-corrected chi connectivity index (χ1v) is 8.49. The molecular weight excluding hydrogens is 314 g/mol. The molecule has 3 heterocycles. The molecule has 6 heteroatoms. The van der Waals surface area contributed by atoms with Crippen LogP contribution in [-0.2, 0) is 6.54 Å². The molecule has 1 aliphatic rings. The summed E-state index contributed by atoms with van der Waals surface area (Å²) in [4.78, 5) is 13.4. The average molecular weight is 335 g/mol. The third-order valence-electron chi connectivity index (χ3n) is 4.77. The lowest BCUT2D eigenvalue weighted by molar-refractivity contribution is 0.172. The van der Waals surface area contributed by atoms with Crippen molar-refractivity contribution in [2.75, 3.05) is 25.0 Å². The Kier molecular flexibility index (Phi) is 4.19. The van der Waals surface area contributed by atoms with Crippen LogP contribution in [0, 0.1) is 0 Å². The van der Waals surface area contributed by atoms with Crippen molar-refractivity contribution in [3.8, 4) is 11.4 Å². The molecular formula is C19H21N5O. The average Bonchev–Trinajstić information content (AvgIpc) is 3.09. The highest BCUT2D eigenvalue weighted by molar-refractivity contribution is 5.54. The van der Waals surface area contributed by atoms with Gasteiger partial charge in [0, 0.05) is 50.3 Å². The second-order valence-electron chi connectivity index (χ2n) is 6.39. The van der Waals surface area contributed by atoms with E-state index in [2.05, 4.69) is 63.2 Å². The maximum atomic E-state index is 5.55. The van der Waals surface area contributed by atoms with Crippen LogP contribution in [0.2, 0.25) is 0 Å². The van der Waals surface area contributed by atoms with E-state index < -0.39 is 0 Å². The van der Waals surface area contributed by atoms with Gasteiger partial charge in [-0.1, -0.05) is 23.4 Å². The van der Waals surface area contributed by atoms with Crippen molar-refractivity contribution < 1.29 is 4.52 Å². The lowest BCUT2D eigenvalue weighted by atomic mass is 10.1. The molecule has 1 aromatic carbocycles. The van der Waals surface area contributed by atoms with Crippen molar-refractivity contribution >= 4 is 5.69 Å². The monoisotopic (exact) mass is 335 g/mol. The SMILES string of the molecule is C[C@H](c1nc(-c2cccnc2)no1)N1CCN(C)c2ccccc2C1. The van der Waals surface area contributed by atoms with Gasteiger partial charge in [-0.3, -0.25) is 9.88 Å². The summed E-state index contributed by atoms with van der Waals surface area (Å²) in [5.41, 5.74) is 3.48. The van der Waals surface area contributed by atoms with Crippen LogP contribution in [0.1, 0.15) is 24.4 Å². The number of anilines is 1. The first-order chi connectivity index (χ1) is 12.2. The van der Waals surface area contributed by atoms with Gasteiger partial charge in [-0.15, -0.1) is 0 Å². The summed E-state index contributed by atoms with van der Waals surface area (Å²) in [7, 11) is 2.14. The summed E-state index contributed by atoms with van der Waals surface area (Å²) in [6.07, 6.45) is 3.48. The number of pyridine rings is 1. The summed E-state index contributed by atoms with van der Waals surface area (Å²) in [6, 6.07) is 12.4. The number of hydrogen-bond donors (Lipinski definition) is 0. The fourth-order valence-corrected chi connectivity index (χ4v) is 3.22. The maximum Gasteiger partial charge on any atom is 0.244 e. The highest BCUT2D eigenvalue weighted by atomic mass is 16.5. The number of likely N-dealkylation sites (N-methyl/N-ethyl adjacent to an activating group) is 1. The molecule has 0 saturated heterocycles. The van der Waals surface area contributed by atoms with Crippen molar-refractivity contribution in [3.63, 3.8) is 0 Å². The Morgan fingerprint density at radius 3 is 2.84 bits per heavy atom. The van der Waals surface area contributed by atoms with E-state index in [9.17, 15) is 0 Å². The summed E-state index contributed by atoms with van der Waals surface area (Å²) in [5, 5.41) is 4.12. The van der Waals surface area contributed by atoms with Gasteiger partial charge in [0.15, 0.2) is 0 Å². The van der Waals surface area contributed by atoms with E-state index in [0.29, 0.717) is 11.7 Å². The number of benzene rings is 1. The summed E-state index contributed by atoms with van der Waals surface area (Å²) in [5.74, 6) is 1.23. The van der Waals surface area contributed by atoms with E-state index in [1.807, 2.05) is 12.1 Å². The summed E-state index contributed by atoms with van der Waals surface area (Å²) in [6.45, 7) is 4.89. The Bertz CT molecular complexity index is 848. The second kappa shape index (κ2) is 6.64. The fourth-order valence-electron chi connectivity index (χ4n) is 3.22. The summed E-state index contributed by atoms with van der Waals surface area (Å²) < 4.78 is 5.55. The van der Waals surface area contributed by atoms with Crippen LogP contribution in [0.4, 0.5) is 5.69 Å². The van der Waals surface area contributed by atoms with Crippen molar-refractivity contribution in [2.45, 2.75) is 19.5 Å². The highest BCUT2D eigenvalue weighted by Crippen LogP contribution is 2.29. The largest absolute Gasteiger partial charge is 0.373 e. The van der Waals surface area contributed by atoms with Gasteiger partial charge in [-0.2, -0.15) is 4.98 Å². The van der Waals surface area contributed by atoms with Crippen molar-refractivity contribution in [1.82, 2.24) is 20.0 Å². The van der Waals surface area contributed by atoms with Crippen LogP contribution >= 0.6 is 0 Å². The second-order valence-corrected chi connectivity index (χ2v) is 6.39. The molecule has 6 nitrogen and oxygen atoms in total. The topological polar surface area (TPSA) is 58.3 Å². The van der Waals surface area contributed by atoms with E-state index in [4.69, 9.17) is 4.52 Å². The van der Waals surface area contributed by atoms with Gasteiger partial charge >= 0.3 is 0 Å². The predicted molar refractivity (Wildman–Crippen MR) is 96.1 cm³/mol. The number of nitrogens with zero attached hydrogens (tertiary/aromatic N) is 5. The van der Waals surface area contributed by atoms with Crippen molar-refractivity contribution in [1.29, 1.82) is 0 Å². The number of aromatic nitrogens is 3. The first-order valence-electron chi connectivity index (χ1n) is 8.49. The third kappa shape index (κ3) is 3.13. The zero-order valence-electron chi connectivity index (χ0n) is 14.5. The zero-order valence-corrected chi connectivity index (χ0v) is 14.5. The number of hydrogen-bond acceptors (Lipinski definition) is 6. The zero-order chi connectivity index (χ0) is 17.2. The molecule has 0 saturated carbocycles. The number of rotatable bonds is 3. The minimum Gasteiger partial charge on any atom is -0.373 e. The molecule has 0 bridgehead atoms. The molecule has 1 atom stereocenters. The Balaban J connectivity index is 1.57. The molecule has 0 radical (unpaired) electrons. The third-order valence-corrected chi connectivity index (χ3v) is 4.77. The highest BCUT2D eigenvalue weighted by Gasteiger charge is 2.25. The molecule has 0 fully saturated rings. The molecule has 0 N–H and O–H groups in total. The smallest absolute Gasteiger partial charge is 0.244 e. The van der Waals surface area contributed by atoms with Crippen LogP contribution < -0.4 is 4.90 Å².